The van der Waals surface area contributed by atoms with Crippen LogP contribution in [0.1, 0.15) is 32.8 Å². The number of para-hydroxylation sites is 1. The highest BCUT2D eigenvalue weighted by Crippen LogP contribution is 2.34. The number of hydrogen-bond donors (Lipinski definition) is 0. The molecule has 1 heterocycles. The molecular formula is C17H21NO3S. The van der Waals surface area contributed by atoms with Gasteiger partial charge in [0, 0.05) is 24.4 Å². The number of ether oxygens (including phenoxy) is 1. The van der Waals surface area contributed by atoms with Crippen molar-refractivity contribution in [2.75, 3.05) is 11.5 Å². The maximum atomic E-state index is 12.3. The highest BCUT2D eigenvalue weighted by molar-refractivity contribution is 7.80. The van der Waals surface area contributed by atoms with Gasteiger partial charge in [-0.3, -0.25) is 0 Å². The summed E-state index contributed by atoms with van der Waals surface area (Å²) in [5.74, 6) is -0.262. The van der Waals surface area contributed by atoms with Crippen molar-refractivity contribution in [3.8, 4) is 0 Å². The van der Waals surface area contributed by atoms with E-state index >= 15 is 0 Å². The number of esters is 1. The first-order valence-electron chi connectivity index (χ1n) is 7.52. The number of rotatable bonds is 5. The Bertz CT molecular complexity index is 599. The molecule has 0 saturated carbocycles. The van der Waals surface area contributed by atoms with E-state index in [0.29, 0.717) is 24.4 Å². The summed E-state index contributed by atoms with van der Waals surface area (Å²) in [7, 11) is 0. The molecule has 0 aromatic heterocycles. The first-order chi connectivity index (χ1) is 10.5. The molecule has 1 aromatic carbocycles. The molecule has 0 fully saturated rings. The van der Waals surface area contributed by atoms with E-state index in [1.165, 1.54) is 0 Å². The molecule has 0 saturated heterocycles. The van der Waals surface area contributed by atoms with Crippen molar-refractivity contribution in [2.45, 2.75) is 39.7 Å². The smallest absolute Gasteiger partial charge is 0.329 e. The van der Waals surface area contributed by atoms with E-state index in [9.17, 15) is 9.59 Å². The zero-order valence-electron chi connectivity index (χ0n) is 13.2. The number of Topliss-reactive ketones (excluding diaryl/α,β-unsaturated/α-hetero) is 1. The molecule has 0 radical (unpaired) electrons. The summed E-state index contributed by atoms with van der Waals surface area (Å²) in [5.41, 5.74) is 2.03. The van der Waals surface area contributed by atoms with E-state index in [4.69, 9.17) is 17.0 Å². The van der Waals surface area contributed by atoms with Crippen molar-refractivity contribution in [2.24, 2.45) is 5.92 Å². The third kappa shape index (κ3) is 3.35. The molecule has 0 aliphatic carbocycles. The highest BCUT2D eigenvalue weighted by atomic mass is 32.1. The Morgan fingerprint density at radius 1 is 1.41 bits per heavy atom. The predicted octanol–water partition coefficient (Wildman–Crippen LogP) is 2.92. The number of nitrogens with zero attached hydrogens (tertiary/aromatic N) is 1. The quantitative estimate of drug-likeness (QED) is 0.617. The molecule has 4 nitrogen and oxygen atoms in total. The van der Waals surface area contributed by atoms with Gasteiger partial charge < -0.3 is 14.4 Å². The van der Waals surface area contributed by atoms with Crippen molar-refractivity contribution in [3.05, 3.63) is 29.8 Å². The lowest BCUT2D eigenvalue weighted by atomic mass is 10.0. The molecule has 0 bridgehead atoms. The maximum Gasteiger partial charge on any atom is 0.329 e. The second-order valence-electron chi connectivity index (χ2n) is 5.62. The predicted molar refractivity (Wildman–Crippen MR) is 90.1 cm³/mol. The van der Waals surface area contributed by atoms with Crippen LogP contribution in [-0.2, 0) is 20.7 Å². The fourth-order valence-corrected chi connectivity index (χ4v) is 3.15. The Morgan fingerprint density at radius 2 is 2.09 bits per heavy atom. The summed E-state index contributed by atoms with van der Waals surface area (Å²) in [5, 5.41) is 0. The molecule has 0 N–H and O–H groups in total. The monoisotopic (exact) mass is 319 g/mol. The van der Waals surface area contributed by atoms with Crippen molar-refractivity contribution in [1.82, 2.24) is 0 Å². The van der Waals surface area contributed by atoms with Crippen LogP contribution in [0.5, 0.6) is 0 Å². The van der Waals surface area contributed by atoms with E-state index in [0.717, 1.165) is 11.3 Å². The van der Waals surface area contributed by atoms with Crippen LogP contribution >= 0.6 is 12.2 Å². The number of ketones is 1. The number of anilines is 1. The molecule has 1 aliphatic rings. The number of hydrogen-bond acceptors (Lipinski definition) is 4. The molecule has 22 heavy (non-hydrogen) atoms. The molecular weight excluding hydrogens is 298 g/mol. The summed E-state index contributed by atoms with van der Waals surface area (Å²) in [6.07, 6.45) is 0.967. The molecule has 2 unspecified atom stereocenters. The summed E-state index contributed by atoms with van der Waals surface area (Å²) >= 11 is 5.58. The minimum Gasteiger partial charge on any atom is -0.464 e. The number of benzene rings is 1. The normalized spacial score (nSPS) is 17.8. The largest absolute Gasteiger partial charge is 0.464 e. The fourth-order valence-electron chi connectivity index (χ4n) is 2.84. The average Bonchev–Trinajstić information content (AvgIpc) is 2.85. The van der Waals surface area contributed by atoms with Gasteiger partial charge in [-0.2, -0.15) is 0 Å². The summed E-state index contributed by atoms with van der Waals surface area (Å²) < 4.78 is 5.19. The second kappa shape index (κ2) is 7.01. The lowest BCUT2D eigenvalue weighted by molar-refractivity contribution is -0.144. The van der Waals surface area contributed by atoms with E-state index in [2.05, 4.69) is 0 Å². The van der Waals surface area contributed by atoms with Crippen molar-refractivity contribution in [3.63, 3.8) is 0 Å². The van der Waals surface area contributed by atoms with Crippen LogP contribution in [-0.4, -0.2) is 29.4 Å². The molecule has 1 aromatic rings. The zero-order chi connectivity index (χ0) is 16.3. The topological polar surface area (TPSA) is 46.6 Å². The van der Waals surface area contributed by atoms with Gasteiger partial charge in [0.15, 0.2) is 0 Å². The fraction of sp³-hybridized carbons (Fsp3) is 0.471. The minimum atomic E-state index is -0.431. The average molecular weight is 319 g/mol. The molecule has 0 amide bonds. The Balaban J connectivity index is 2.31. The van der Waals surface area contributed by atoms with Gasteiger partial charge in [-0.25, -0.2) is 4.79 Å². The highest BCUT2D eigenvalue weighted by Gasteiger charge is 2.38. The van der Waals surface area contributed by atoms with Crippen LogP contribution in [0.25, 0.3) is 0 Å². The van der Waals surface area contributed by atoms with Crippen LogP contribution in [0.3, 0.4) is 0 Å². The molecule has 2 rings (SSSR count). The van der Waals surface area contributed by atoms with Crippen molar-refractivity contribution in [1.29, 1.82) is 0 Å². The Labute approximate surface area is 136 Å². The first kappa shape index (κ1) is 16.6. The van der Waals surface area contributed by atoms with Crippen LogP contribution in [0.2, 0.25) is 0 Å². The van der Waals surface area contributed by atoms with E-state index < -0.39 is 6.04 Å². The maximum absolute atomic E-state index is 12.3. The van der Waals surface area contributed by atoms with Crippen LogP contribution in [0.15, 0.2) is 24.3 Å². The minimum absolute atomic E-state index is 0.0874. The van der Waals surface area contributed by atoms with Crippen LogP contribution in [0, 0.1) is 5.92 Å². The summed E-state index contributed by atoms with van der Waals surface area (Å²) in [6, 6.07) is 7.41. The summed E-state index contributed by atoms with van der Waals surface area (Å²) in [6.45, 7) is 5.61. The Kier molecular flexibility index (Phi) is 5.29. The van der Waals surface area contributed by atoms with Gasteiger partial charge in [-0.15, -0.1) is 0 Å². The Hall–Kier alpha value is -1.75. The zero-order valence-corrected chi connectivity index (χ0v) is 14.0. The number of carbonyl (C=O) groups is 2. The number of thiocarbonyl (C=S) groups is 1. The molecule has 118 valence electrons. The Morgan fingerprint density at radius 3 is 2.73 bits per heavy atom. The van der Waals surface area contributed by atoms with Gasteiger partial charge in [0.25, 0.3) is 0 Å². The summed E-state index contributed by atoms with van der Waals surface area (Å²) in [4.78, 5) is 26.1. The molecule has 1 aliphatic heterocycles. The molecule has 0 spiro atoms. The third-order valence-corrected chi connectivity index (χ3v) is 4.39. The molecule has 2 atom stereocenters. The van der Waals surface area contributed by atoms with E-state index in [-0.39, 0.29) is 17.7 Å². The number of carbonyl (C=O) groups excluding carboxylic acids is 2. The van der Waals surface area contributed by atoms with Gasteiger partial charge in [0.05, 0.1) is 11.6 Å². The van der Waals surface area contributed by atoms with Gasteiger partial charge in [0.2, 0.25) is 0 Å². The van der Waals surface area contributed by atoms with Crippen LogP contribution < -0.4 is 4.90 Å². The van der Waals surface area contributed by atoms with Crippen molar-refractivity contribution < 1.29 is 14.3 Å². The standard InChI is InChI=1S/C17H21NO3S/c1-4-21-17(20)15-10-13-7-5-6-8-14(13)18(15)16(22)11(2)9-12(3)19/h5-8,11,15H,4,9-10H2,1-3H3. The number of fused-ring (bicyclic) bond motifs is 1. The van der Waals surface area contributed by atoms with Gasteiger partial charge >= 0.3 is 5.97 Å². The van der Waals surface area contributed by atoms with Gasteiger partial charge in [-0.05, 0) is 25.5 Å². The van der Waals surface area contributed by atoms with E-state index in [1.807, 2.05) is 36.1 Å². The van der Waals surface area contributed by atoms with Crippen LogP contribution in [0.4, 0.5) is 5.69 Å². The van der Waals surface area contributed by atoms with E-state index in [1.54, 1.807) is 13.8 Å². The lowest BCUT2D eigenvalue weighted by Crippen LogP contribution is -2.45. The lowest BCUT2D eigenvalue weighted by Gasteiger charge is -2.29. The van der Waals surface area contributed by atoms with Gasteiger partial charge in [-0.1, -0.05) is 37.3 Å². The SMILES string of the molecule is CCOC(=O)C1Cc2ccccc2N1C(=S)C(C)CC(C)=O. The van der Waals surface area contributed by atoms with Gasteiger partial charge in [0.1, 0.15) is 11.8 Å². The second-order valence-corrected chi connectivity index (χ2v) is 6.03. The van der Waals surface area contributed by atoms with Crippen molar-refractivity contribution >= 4 is 34.6 Å². The molecule has 5 heteroatoms. The third-order valence-electron chi connectivity index (χ3n) is 3.79. The first-order valence-corrected chi connectivity index (χ1v) is 7.93.